The molecule has 7 nitrogen and oxygen atoms in total. The van der Waals surface area contributed by atoms with Gasteiger partial charge in [0.15, 0.2) is 11.5 Å². The molecule has 0 spiro atoms. The van der Waals surface area contributed by atoms with Crippen molar-refractivity contribution in [3.63, 3.8) is 0 Å². The molecule has 10 heteroatoms. The molecule has 0 aromatic heterocycles. The molecule has 0 atom stereocenters. The van der Waals surface area contributed by atoms with Gasteiger partial charge in [-0.1, -0.05) is 62.7 Å². The second kappa shape index (κ2) is 12.4. The number of amides is 1. The summed E-state index contributed by atoms with van der Waals surface area (Å²) < 4.78 is 18.2. The van der Waals surface area contributed by atoms with E-state index in [1.807, 2.05) is 24.3 Å². The SMILES string of the molecule is CCOC(=O)C1=C(O)/C(=C/c2cc(OC)c(OCc3ccc(Br)cc3)cc2Br)SC1=NC(=O)CC. The number of aliphatic imine (C=N–C) groups is 1. The Balaban J connectivity index is 1.93. The van der Waals surface area contributed by atoms with E-state index in [0.29, 0.717) is 33.0 Å². The number of carbonyl (C=O) groups is 2. The van der Waals surface area contributed by atoms with Crippen LogP contribution in [0.25, 0.3) is 6.08 Å². The number of nitrogens with zero attached hydrogens (tertiary/aromatic N) is 1. The van der Waals surface area contributed by atoms with Gasteiger partial charge in [0.25, 0.3) is 0 Å². The summed E-state index contributed by atoms with van der Waals surface area (Å²) >= 11 is 7.98. The number of rotatable bonds is 8. The Hall–Kier alpha value is -2.56. The number of carbonyl (C=O) groups excluding carboxylic acids is 2. The topological polar surface area (TPSA) is 94.4 Å². The molecule has 2 aromatic carbocycles. The number of halogens is 2. The fourth-order valence-corrected chi connectivity index (χ4v) is 4.72. The summed E-state index contributed by atoms with van der Waals surface area (Å²) in [5.74, 6) is -0.413. The van der Waals surface area contributed by atoms with Crippen molar-refractivity contribution in [3.8, 4) is 11.5 Å². The molecule has 3 rings (SSSR count). The third-order valence-electron chi connectivity index (χ3n) is 4.78. The first kappa shape index (κ1) is 27.0. The van der Waals surface area contributed by atoms with E-state index in [9.17, 15) is 14.7 Å². The van der Waals surface area contributed by atoms with E-state index in [2.05, 4.69) is 36.9 Å². The van der Waals surface area contributed by atoms with E-state index >= 15 is 0 Å². The number of ether oxygens (including phenoxy) is 3. The predicted molar refractivity (Wildman–Crippen MR) is 144 cm³/mol. The zero-order chi connectivity index (χ0) is 25.5. The number of hydrogen-bond donors (Lipinski definition) is 1. The van der Waals surface area contributed by atoms with Crippen LogP contribution in [0.3, 0.4) is 0 Å². The maximum absolute atomic E-state index is 12.4. The number of hydrogen-bond acceptors (Lipinski definition) is 7. The number of thioether (sulfide) groups is 1. The van der Waals surface area contributed by atoms with Gasteiger partial charge in [-0.05, 0) is 48.4 Å². The molecule has 184 valence electrons. The highest BCUT2D eigenvalue weighted by Gasteiger charge is 2.33. The van der Waals surface area contributed by atoms with Crippen LogP contribution >= 0.6 is 43.6 Å². The second-order valence-electron chi connectivity index (χ2n) is 7.16. The van der Waals surface area contributed by atoms with Gasteiger partial charge >= 0.3 is 5.97 Å². The van der Waals surface area contributed by atoms with Crippen molar-refractivity contribution in [2.24, 2.45) is 4.99 Å². The Bertz CT molecular complexity index is 1220. The number of aliphatic hydroxyl groups is 1. The normalized spacial score (nSPS) is 15.6. The Kier molecular flexibility index (Phi) is 9.59. The lowest BCUT2D eigenvalue weighted by atomic mass is 10.1. The van der Waals surface area contributed by atoms with Crippen LogP contribution in [0.4, 0.5) is 0 Å². The van der Waals surface area contributed by atoms with Crippen LogP contribution in [-0.2, 0) is 20.9 Å². The van der Waals surface area contributed by atoms with Crippen LogP contribution in [0.15, 0.2) is 66.6 Å². The highest BCUT2D eigenvalue weighted by atomic mass is 79.9. The van der Waals surface area contributed by atoms with E-state index in [1.165, 1.54) is 7.11 Å². The van der Waals surface area contributed by atoms with Gasteiger partial charge in [0.2, 0.25) is 5.91 Å². The lowest BCUT2D eigenvalue weighted by Gasteiger charge is -2.13. The molecule has 1 heterocycles. The molecule has 35 heavy (non-hydrogen) atoms. The van der Waals surface area contributed by atoms with E-state index in [4.69, 9.17) is 14.2 Å². The minimum Gasteiger partial charge on any atom is -0.506 e. The smallest absolute Gasteiger partial charge is 0.344 e. The van der Waals surface area contributed by atoms with Crippen molar-refractivity contribution in [2.45, 2.75) is 26.9 Å². The average molecular weight is 625 g/mol. The molecule has 0 saturated heterocycles. The highest BCUT2D eigenvalue weighted by molar-refractivity contribution is 9.10. The molecule has 0 saturated carbocycles. The zero-order valence-electron chi connectivity index (χ0n) is 19.3. The summed E-state index contributed by atoms with van der Waals surface area (Å²) in [7, 11) is 1.54. The van der Waals surface area contributed by atoms with Gasteiger partial charge in [-0.2, -0.15) is 0 Å². The summed E-state index contributed by atoms with van der Waals surface area (Å²) in [4.78, 5) is 28.7. The van der Waals surface area contributed by atoms with Crippen molar-refractivity contribution in [1.82, 2.24) is 0 Å². The minimum absolute atomic E-state index is 0.108. The Labute approximate surface area is 224 Å². The van der Waals surface area contributed by atoms with E-state index in [1.54, 1.807) is 32.1 Å². The zero-order valence-corrected chi connectivity index (χ0v) is 23.3. The van der Waals surface area contributed by atoms with Crippen LogP contribution in [0.5, 0.6) is 11.5 Å². The fourth-order valence-electron chi connectivity index (χ4n) is 3.00. The molecule has 1 N–H and O–H groups in total. The van der Waals surface area contributed by atoms with Crippen LogP contribution in [0.1, 0.15) is 31.4 Å². The summed E-state index contributed by atoms with van der Waals surface area (Å²) in [5, 5.41) is 10.9. The van der Waals surface area contributed by atoms with Crippen molar-refractivity contribution in [2.75, 3.05) is 13.7 Å². The summed E-state index contributed by atoms with van der Waals surface area (Å²) in [6, 6.07) is 11.3. The number of benzene rings is 2. The molecule has 0 bridgehead atoms. The third-order valence-corrected chi connectivity index (χ3v) is 7.01. The summed E-state index contributed by atoms with van der Waals surface area (Å²) in [5.41, 5.74) is 1.54. The van der Waals surface area contributed by atoms with Gasteiger partial charge in [-0.25, -0.2) is 9.79 Å². The minimum atomic E-state index is -0.739. The molecule has 1 aliphatic heterocycles. The second-order valence-corrected chi connectivity index (χ2v) is 9.96. The van der Waals surface area contributed by atoms with Crippen LogP contribution < -0.4 is 9.47 Å². The van der Waals surface area contributed by atoms with Gasteiger partial charge in [-0.3, -0.25) is 4.79 Å². The quantitative estimate of drug-likeness (QED) is 0.331. The largest absolute Gasteiger partial charge is 0.506 e. The van der Waals surface area contributed by atoms with E-state index in [-0.39, 0.29) is 29.4 Å². The Morgan fingerprint density at radius 3 is 2.46 bits per heavy atom. The third kappa shape index (κ3) is 6.77. The van der Waals surface area contributed by atoms with E-state index < -0.39 is 11.9 Å². The first-order chi connectivity index (χ1) is 16.8. The Morgan fingerprint density at radius 2 is 1.83 bits per heavy atom. The average Bonchev–Trinajstić information content (AvgIpc) is 3.14. The van der Waals surface area contributed by atoms with Crippen molar-refractivity contribution < 1.29 is 28.9 Å². The van der Waals surface area contributed by atoms with Gasteiger partial charge in [0.1, 0.15) is 23.0 Å². The monoisotopic (exact) mass is 623 g/mol. The maximum Gasteiger partial charge on any atom is 0.344 e. The van der Waals surface area contributed by atoms with Gasteiger partial charge in [-0.15, -0.1) is 0 Å². The Morgan fingerprint density at radius 1 is 1.11 bits per heavy atom. The molecule has 0 unspecified atom stereocenters. The molecule has 1 aliphatic rings. The molecule has 0 fully saturated rings. The molecule has 1 amide bonds. The number of aliphatic hydroxyl groups excluding tert-OH is 1. The van der Waals surface area contributed by atoms with Gasteiger partial charge in [0.05, 0.1) is 18.6 Å². The van der Waals surface area contributed by atoms with Crippen molar-refractivity contribution >= 4 is 66.6 Å². The van der Waals surface area contributed by atoms with Crippen LogP contribution in [-0.4, -0.2) is 35.7 Å². The molecule has 2 aromatic rings. The van der Waals surface area contributed by atoms with Crippen molar-refractivity contribution in [1.29, 1.82) is 0 Å². The van der Waals surface area contributed by atoms with Gasteiger partial charge < -0.3 is 19.3 Å². The maximum atomic E-state index is 12.4. The lowest BCUT2D eigenvalue weighted by molar-refractivity contribution is -0.138. The standard InChI is InChI=1S/C25H23Br2NO6S/c1-4-21(29)28-24-22(25(31)33-5-2)23(30)20(35-24)11-15-10-18(32-3)19(12-17(15)27)34-13-14-6-8-16(26)9-7-14/h6-12,30H,4-5,13H2,1-3H3/b20-11-,28-24?. The summed E-state index contributed by atoms with van der Waals surface area (Å²) in [6.45, 7) is 3.80. The van der Waals surface area contributed by atoms with E-state index in [0.717, 1.165) is 21.8 Å². The lowest BCUT2D eigenvalue weighted by Crippen LogP contribution is -2.14. The molecule has 0 aliphatic carbocycles. The molecular formula is C25H23Br2NO6S. The van der Waals surface area contributed by atoms with Crippen molar-refractivity contribution in [3.05, 3.63) is 72.7 Å². The number of esters is 1. The highest BCUT2D eigenvalue weighted by Crippen LogP contribution is 2.42. The van der Waals surface area contributed by atoms with Crippen LogP contribution in [0.2, 0.25) is 0 Å². The van der Waals surface area contributed by atoms with Gasteiger partial charge in [0, 0.05) is 15.4 Å². The first-order valence-corrected chi connectivity index (χ1v) is 13.0. The number of methoxy groups -OCH3 is 1. The first-order valence-electron chi connectivity index (χ1n) is 10.6. The van der Waals surface area contributed by atoms with Crippen LogP contribution in [0, 0.1) is 0 Å². The fraction of sp³-hybridized carbons (Fsp3) is 0.240. The molecular weight excluding hydrogens is 602 g/mol. The predicted octanol–water partition coefficient (Wildman–Crippen LogP) is 6.60. The summed E-state index contributed by atoms with van der Waals surface area (Å²) in [6.07, 6.45) is 1.84. The molecule has 0 radical (unpaired) electrons.